The van der Waals surface area contributed by atoms with Gasteiger partial charge < -0.3 is 20.1 Å². The molecule has 84 valence electrons. The standard InChI is InChI=1S/C9H20N2O3/c1-9(12)11-4-3-10-5-6-14-8-7-13-2/h10H,3-8H2,1-2H3,(H,11,12). The van der Waals surface area contributed by atoms with E-state index >= 15 is 0 Å². The van der Waals surface area contributed by atoms with Crippen LogP contribution in [0.4, 0.5) is 0 Å². The van der Waals surface area contributed by atoms with Gasteiger partial charge in [0.2, 0.25) is 5.91 Å². The summed E-state index contributed by atoms with van der Waals surface area (Å²) in [4.78, 5) is 10.5. The minimum Gasteiger partial charge on any atom is -0.382 e. The predicted molar refractivity (Wildman–Crippen MR) is 54.2 cm³/mol. The first-order valence-corrected chi connectivity index (χ1v) is 4.79. The number of hydrogen-bond acceptors (Lipinski definition) is 4. The largest absolute Gasteiger partial charge is 0.382 e. The van der Waals surface area contributed by atoms with Crippen molar-refractivity contribution in [2.75, 3.05) is 46.6 Å². The van der Waals surface area contributed by atoms with Crippen LogP contribution < -0.4 is 10.6 Å². The predicted octanol–water partition coefficient (Wildman–Crippen LogP) is -0.625. The SMILES string of the molecule is COCCOCCNCCNC(C)=O. The highest BCUT2D eigenvalue weighted by molar-refractivity contribution is 5.72. The van der Waals surface area contributed by atoms with Crippen LogP contribution in [-0.2, 0) is 14.3 Å². The molecular formula is C9H20N2O3. The Bertz CT molecular complexity index is 142. The first-order valence-electron chi connectivity index (χ1n) is 4.79. The molecule has 0 aliphatic carbocycles. The molecule has 0 aromatic heterocycles. The van der Waals surface area contributed by atoms with Crippen molar-refractivity contribution in [3.05, 3.63) is 0 Å². The average Bonchev–Trinajstić information content (AvgIpc) is 2.15. The van der Waals surface area contributed by atoms with Crippen molar-refractivity contribution in [3.63, 3.8) is 0 Å². The molecule has 0 saturated carbocycles. The number of hydrogen-bond donors (Lipinski definition) is 2. The van der Waals surface area contributed by atoms with Gasteiger partial charge in [0.1, 0.15) is 0 Å². The van der Waals surface area contributed by atoms with E-state index < -0.39 is 0 Å². The molecular weight excluding hydrogens is 184 g/mol. The van der Waals surface area contributed by atoms with E-state index in [1.807, 2.05) is 0 Å². The minimum atomic E-state index is 0.00291. The lowest BCUT2D eigenvalue weighted by Crippen LogP contribution is -2.31. The van der Waals surface area contributed by atoms with Crippen molar-refractivity contribution in [1.82, 2.24) is 10.6 Å². The summed E-state index contributed by atoms with van der Waals surface area (Å²) in [6.07, 6.45) is 0. The van der Waals surface area contributed by atoms with E-state index in [-0.39, 0.29) is 5.91 Å². The first-order chi connectivity index (χ1) is 6.77. The molecule has 5 heteroatoms. The van der Waals surface area contributed by atoms with E-state index in [4.69, 9.17) is 9.47 Å². The molecule has 0 aromatic carbocycles. The Hall–Kier alpha value is -0.650. The van der Waals surface area contributed by atoms with Crippen molar-refractivity contribution in [1.29, 1.82) is 0 Å². The van der Waals surface area contributed by atoms with Gasteiger partial charge in [0.05, 0.1) is 19.8 Å². The fraction of sp³-hybridized carbons (Fsp3) is 0.889. The summed E-state index contributed by atoms with van der Waals surface area (Å²) >= 11 is 0. The Balaban J connectivity index is 2.88. The molecule has 5 nitrogen and oxygen atoms in total. The summed E-state index contributed by atoms with van der Waals surface area (Å²) in [6, 6.07) is 0. The van der Waals surface area contributed by atoms with Gasteiger partial charge >= 0.3 is 0 Å². The zero-order valence-corrected chi connectivity index (χ0v) is 8.97. The third-order valence-electron chi connectivity index (χ3n) is 1.53. The number of carbonyl (C=O) groups is 1. The van der Waals surface area contributed by atoms with Crippen LogP contribution in [0.1, 0.15) is 6.92 Å². The molecule has 0 spiro atoms. The monoisotopic (exact) mass is 204 g/mol. The minimum absolute atomic E-state index is 0.00291. The van der Waals surface area contributed by atoms with E-state index in [2.05, 4.69) is 10.6 Å². The summed E-state index contributed by atoms with van der Waals surface area (Å²) in [5.74, 6) is 0.00291. The van der Waals surface area contributed by atoms with Gasteiger partial charge in [-0.05, 0) is 0 Å². The number of rotatable bonds is 9. The van der Waals surface area contributed by atoms with Crippen LogP contribution >= 0.6 is 0 Å². The molecule has 0 heterocycles. The van der Waals surface area contributed by atoms with Gasteiger partial charge in [0, 0.05) is 33.7 Å². The Morgan fingerprint density at radius 1 is 1.14 bits per heavy atom. The van der Waals surface area contributed by atoms with Crippen molar-refractivity contribution >= 4 is 5.91 Å². The molecule has 0 fully saturated rings. The van der Waals surface area contributed by atoms with Crippen LogP contribution in [0.5, 0.6) is 0 Å². The maximum atomic E-state index is 10.5. The zero-order valence-electron chi connectivity index (χ0n) is 8.97. The van der Waals surface area contributed by atoms with Crippen LogP contribution in [0, 0.1) is 0 Å². The van der Waals surface area contributed by atoms with E-state index in [0.717, 1.165) is 13.1 Å². The maximum Gasteiger partial charge on any atom is 0.216 e. The van der Waals surface area contributed by atoms with Gasteiger partial charge in [0.15, 0.2) is 0 Å². The molecule has 0 aromatic rings. The highest BCUT2D eigenvalue weighted by Crippen LogP contribution is 1.74. The topological polar surface area (TPSA) is 59.6 Å². The van der Waals surface area contributed by atoms with Crippen LogP contribution in [0.3, 0.4) is 0 Å². The molecule has 0 unspecified atom stereocenters. The lowest BCUT2D eigenvalue weighted by Gasteiger charge is -2.05. The molecule has 14 heavy (non-hydrogen) atoms. The van der Waals surface area contributed by atoms with Gasteiger partial charge in [-0.15, -0.1) is 0 Å². The van der Waals surface area contributed by atoms with Crippen molar-refractivity contribution in [3.8, 4) is 0 Å². The lowest BCUT2D eigenvalue weighted by molar-refractivity contribution is -0.118. The van der Waals surface area contributed by atoms with Crippen molar-refractivity contribution in [2.45, 2.75) is 6.92 Å². The smallest absolute Gasteiger partial charge is 0.216 e. The Morgan fingerprint density at radius 2 is 1.93 bits per heavy atom. The molecule has 2 N–H and O–H groups in total. The summed E-state index contributed by atoms with van der Waals surface area (Å²) < 4.78 is 10.0. The Kier molecular flexibility index (Phi) is 9.95. The lowest BCUT2D eigenvalue weighted by atomic mass is 10.5. The van der Waals surface area contributed by atoms with E-state index in [0.29, 0.717) is 26.4 Å². The number of amides is 1. The summed E-state index contributed by atoms with van der Waals surface area (Å²) in [5, 5.41) is 5.83. The maximum absolute atomic E-state index is 10.5. The molecule has 0 radical (unpaired) electrons. The van der Waals surface area contributed by atoms with E-state index in [9.17, 15) is 4.79 Å². The third kappa shape index (κ3) is 11.4. The van der Waals surface area contributed by atoms with E-state index in [1.54, 1.807) is 7.11 Å². The Labute approximate surface area is 85.1 Å². The Morgan fingerprint density at radius 3 is 2.57 bits per heavy atom. The van der Waals surface area contributed by atoms with Crippen LogP contribution in [0.25, 0.3) is 0 Å². The second-order valence-corrected chi connectivity index (χ2v) is 2.84. The number of nitrogens with one attached hydrogen (secondary N) is 2. The molecule has 1 amide bonds. The van der Waals surface area contributed by atoms with Crippen LogP contribution in [-0.4, -0.2) is 52.5 Å². The van der Waals surface area contributed by atoms with E-state index in [1.165, 1.54) is 6.92 Å². The summed E-state index contributed by atoms with van der Waals surface area (Å²) in [7, 11) is 1.65. The van der Waals surface area contributed by atoms with Crippen molar-refractivity contribution < 1.29 is 14.3 Å². The normalized spacial score (nSPS) is 10.1. The highest BCUT2D eigenvalue weighted by Gasteiger charge is 1.90. The van der Waals surface area contributed by atoms with Gasteiger partial charge in [-0.1, -0.05) is 0 Å². The highest BCUT2D eigenvalue weighted by atomic mass is 16.5. The number of methoxy groups -OCH3 is 1. The molecule has 0 bridgehead atoms. The quantitative estimate of drug-likeness (QED) is 0.491. The molecule has 0 aliphatic heterocycles. The molecule has 0 rings (SSSR count). The van der Waals surface area contributed by atoms with Crippen LogP contribution in [0.15, 0.2) is 0 Å². The fourth-order valence-corrected chi connectivity index (χ4v) is 0.841. The fourth-order valence-electron chi connectivity index (χ4n) is 0.841. The molecule has 0 aliphatic rings. The second kappa shape index (κ2) is 10.4. The van der Waals surface area contributed by atoms with Gasteiger partial charge in [-0.25, -0.2) is 0 Å². The summed E-state index contributed by atoms with van der Waals surface area (Å²) in [5.41, 5.74) is 0. The molecule has 0 atom stereocenters. The summed E-state index contributed by atoms with van der Waals surface area (Å²) in [6.45, 7) is 5.66. The average molecular weight is 204 g/mol. The van der Waals surface area contributed by atoms with Crippen LogP contribution in [0.2, 0.25) is 0 Å². The molecule has 0 saturated heterocycles. The first kappa shape index (κ1) is 13.4. The van der Waals surface area contributed by atoms with Crippen molar-refractivity contribution in [2.24, 2.45) is 0 Å². The second-order valence-electron chi connectivity index (χ2n) is 2.84. The number of carbonyl (C=O) groups excluding carboxylic acids is 1. The number of ether oxygens (including phenoxy) is 2. The van der Waals surface area contributed by atoms with Gasteiger partial charge in [0.25, 0.3) is 0 Å². The van der Waals surface area contributed by atoms with Gasteiger partial charge in [-0.3, -0.25) is 4.79 Å². The van der Waals surface area contributed by atoms with Gasteiger partial charge in [-0.2, -0.15) is 0 Å². The zero-order chi connectivity index (χ0) is 10.6. The third-order valence-corrected chi connectivity index (χ3v) is 1.53.